The van der Waals surface area contributed by atoms with Crippen molar-refractivity contribution in [2.24, 2.45) is 0 Å². The summed E-state index contributed by atoms with van der Waals surface area (Å²) in [6, 6.07) is 19.0. The first kappa shape index (κ1) is 17.8. The summed E-state index contributed by atoms with van der Waals surface area (Å²) >= 11 is 0. The minimum absolute atomic E-state index is 0.862. The molecule has 2 aromatic carbocycles. The molecule has 0 radical (unpaired) electrons. The molecule has 0 amide bonds. The quantitative estimate of drug-likeness (QED) is 0.672. The fourth-order valence-electron chi connectivity index (χ4n) is 3.78. The standard InChI is InChI=1S/C23H27N3O/c1-3-12-25-13-15-26(16-14-25)20-7-4-18(5-8-20)22-10-6-19-17-21(27-2)9-11-23(19)24-22/h4-11,17H,3,12-16H2,1-2H3. The molecule has 0 bridgehead atoms. The predicted octanol–water partition coefficient (Wildman–Crippen LogP) is 4.44. The molecule has 4 heteroatoms. The van der Waals surface area contributed by atoms with Crippen molar-refractivity contribution in [3.63, 3.8) is 0 Å². The fourth-order valence-corrected chi connectivity index (χ4v) is 3.78. The molecule has 4 nitrogen and oxygen atoms in total. The van der Waals surface area contributed by atoms with E-state index in [4.69, 9.17) is 9.72 Å². The van der Waals surface area contributed by atoms with Crippen LogP contribution >= 0.6 is 0 Å². The topological polar surface area (TPSA) is 28.6 Å². The Morgan fingerprint density at radius 1 is 0.926 bits per heavy atom. The lowest BCUT2D eigenvalue weighted by atomic mass is 10.1. The number of nitrogens with zero attached hydrogens (tertiary/aromatic N) is 3. The van der Waals surface area contributed by atoms with Crippen LogP contribution in [0.15, 0.2) is 54.6 Å². The normalized spacial score (nSPS) is 15.3. The van der Waals surface area contributed by atoms with Crippen LogP contribution in [0.1, 0.15) is 13.3 Å². The minimum Gasteiger partial charge on any atom is -0.497 e. The largest absolute Gasteiger partial charge is 0.497 e. The summed E-state index contributed by atoms with van der Waals surface area (Å²) in [5.41, 5.74) is 4.46. The number of aromatic nitrogens is 1. The van der Waals surface area contributed by atoms with E-state index in [-0.39, 0.29) is 0 Å². The van der Waals surface area contributed by atoms with Crippen LogP contribution in [0.3, 0.4) is 0 Å². The second-order valence-electron chi connectivity index (χ2n) is 7.13. The van der Waals surface area contributed by atoms with E-state index in [0.29, 0.717) is 0 Å². The Morgan fingerprint density at radius 3 is 2.41 bits per heavy atom. The van der Waals surface area contributed by atoms with Gasteiger partial charge < -0.3 is 9.64 Å². The van der Waals surface area contributed by atoms with E-state index in [0.717, 1.165) is 54.1 Å². The molecule has 0 unspecified atom stereocenters. The van der Waals surface area contributed by atoms with Gasteiger partial charge in [0.1, 0.15) is 5.75 Å². The van der Waals surface area contributed by atoms with Crippen molar-refractivity contribution in [2.45, 2.75) is 13.3 Å². The molecule has 4 rings (SSSR count). The highest BCUT2D eigenvalue weighted by Crippen LogP contribution is 2.26. The van der Waals surface area contributed by atoms with Gasteiger partial charge >= 0.3 is 0 Å². The van der Waals surface area contributed by atoms with Gasteiger partial charge in [0.2, 0.25) is 0 Å². The van der Waals surface area contributed by atoms with E-state index >= 15 is 0 Å². The van der Waals surface area contributed by atoms with Crippen molar-refractivity contribution < 1.29 is 4.74 Å². The van der Waals surface area contributed by atoms with Crippen LogP contribution in [-0.2, 0) is 0 Å². The zero-order chi connectivity index (χ0) is 18.6. The molecule has 0 atom stereocenters. The van der Waals surface area contributed by atoms with Gasteiger partial charge in [-0.2, -0.15) is 0 Å². The number of benzene rings is 2. The van der Waals surface area contributed by atoms with Gasteiger partial charge in [0, 0.05) is 42.8 Å². The van der Waals surface area contributed by atoms with Crippen molar-refractivity contribution in [3.05, 3.63) is 54.6 Å². The molecule has 0 N–H and O–H groups in total. The molecule has 1 fully saturated rings. The number of ether oxygens (including phenoxy) is 1. The summed E-state index contributed by atoms with van der Waals surface area (Å²) in [4.78, 5) is 9.85. The van der Waals surface area contributed by atoms with E-state index in [9.17, 15) is 0 Å². The Kier molecular flexibility index (Phi) is 5.26. The van der Waals surface area contributed by atoms with Crippen LogP contribution in [0.5, 0.6) is 5.75 Å². The van der Waals surface area contributed by atoms with Crippen LogP contribution in [0.25, 0.3) is 22.2 Å². The Bertz CT molecular complexity index is 899. The van der Waals surface area contributed by atoms with E-state index < -0.39 is 0 Å². The lowest BCUT2D eigenvalue weighted by Gasteiger charge is -2.36. The first-order valence-corrected chi connectivity index (χ1v) is 9.79. The summed E-state index contributed by atoms with van der Waals surface area (Å²) < 4.78 is 5.29. The Hall–Kier alpha value is -2.59. The highest BCUT2D eigenvalue weighted by Gasteiger charge is 2.16. The average molecular weight is 361 g/mol. The Labute approximate surface area is 161 Å². The molecule has 2 heterocycles. The third-order valence-corrected chi connectivity index (χ3v) is 5.34. The third-order valence-electron chi connectivity index (χ3n) is 5.34. The van der Waals surface area contributed by atoms with Crippen LogP contribution < -0.4 is 9.64 Å². The van der Waals surface area contributed by atoms with Crippen molar-refractivity contribution in [1.29, 1.82) is 0 Å². The molecule has 1 aliphatic rings. The molecule has 140 valence electrons. The zero-order valence-corrected chi connectivity index (χ0v) is 16.2. The smallest absolute Gasteiger partial charge is 0.119 e. The number of anilines is 1. The van der Waals surface area contributed by atoms with E-state index in [1.165, 1.54) is 18.7 Å². The van der Waals surface area contributed by atoms with Crippen molar-refractivity contribution in [2.75, 3.05) is 44.7 Å². The molecular formula is C23H27N3O. The maximum Gasteiger partial charge on any atom is 0.119 e. The average Bonchev–Trinajstić information content (AvgIpc) is 2.74. The molecule has 3 aromatic rings. The van der Waals surface area contributed by atoms with Gasteiger partial charge in [0.25, 0.3) is 0 Å². The van der Waals surface area contributed by atoms with Crippen molar-refractivity contribution >= 4 is 16.6 Å². The van der Waals surface area contributed by atoms with Gasteiger partial charge in [0.05, 0.1) is 18.3 Å². The zero-order valence-electron chi connectivity index (χ0n) is 16.2. The lowest BCUT2D eigenvalue weighted by molar-refractivity contribution is 0.258. The van der Waals surface area contributed by atoms with Gasteiger partial charge in [-0.1, -0.05) is 25.1 Å². The molecule has 0 saturated carbocycles. The third kappa shape index (κ3) is 3.91. The summed E-state index contributed by atoms with van der Waals surface area (Å²) in [7, 11) is 1.69. The van der Waals surface area contributed by atoms with Crippen LogP contribution in [0, 0.1) is 0 Å². The van der Waals surface area contributed by atoms with Gasteiger partial charge in [-0.15, -0.1) is 0 Å². The molecule has 1 aliphatic heterocycles. The molecule has 0 aliphatic carbocycles. The second-order valence-corrected chi connectivity index (χ2v) is 7.13. The molecule has 1 aromatic heterocycles. The first-order chi connectivity index (χ1) is 13.3. The molecule has 1 saturated heterocycles. The highest BCUT2D eigenvalue weighted by molar-refractivity contribution is 5.83. The van der Waals surface area contributed by atoms with Gasteiger partial charge in [-0.3, -0.25) is 4.90 Å². The number of fused-ring (bicyclic) bond motifs is 1. The van der Waals surface area contributed by atoms with Gasteiger partial charge in [-0.25, -0.2) is 4.98 Å². The van der Waals surface area contributed by atoms with Crippen LogP contribution in [0.4, 0.5) is 5.69 Å². The van der Waals surface area contributed by atoms with Crippen LogP contribution in [-0.4, -0.2) is 49.7 Å². The summed E-state index contributed by atoms with van der Waals surface area (Å²) in [5.74, 6) is 0.862. The van der Waals surface area contributed by atoms with Crippen LogP contribution in [0.2, 0.25) is 0 Å². The van der Waals surface area contributed by atoms with Gasteiger partial charge in [-0.05, 0) is 49.4 Å². The number of rotatable bonds is 5. The maximum absolute atomic E-state index is 5.29. The Balaban J connectivity index is 1.50. The number of methoxy groups -OCH3 is 1. The number of pyridine rings is 1. The van der Waals surface area contributed by atoms with E-state index in [1.807, 2.05) is 18.2 Å². The Morgan fingerprint density at radius 2 is 1.70 bits per heavy atom. The van der Waals surface area contributed by atoms with Crippen molar-refractivity contribution in [1.82, 2.24) is 9.88 Å². The first-order valence-electron chi connectivity index (χ1n) is 9.79. The summed E-state index contributed by atoms with van der Waals surface area (Å²) in [6.07, 6.45) is 1.24. The highest BCUT2D eigenvalue weighted by atomic mass is 16.5. The molecule has 0 spiro atoms. The second kappa shape index (κ2) is 7.97. The minimum atomic E-state index is 0.862. The lowest BCUT2D eigenvalue weighted by Crippen LogP contribution is -2.46. The fraction of sp³-hybridized carbons (Fsp3) is 0.348. The summed E-state index contributed by atoms with van der Waals surface area (Å²) in [6.45, 7) is 8.00. The van der Waals surface area contributed by atoms with Crippen molar-refractivity contribution in [3.8, 4) is 17.0 Å². The number of hydrogen-bond acceptors (Lipinski definition) is 4. The maximum atomic E-state index is 5.29. The SMILES string of the molecule is CCCN1CCN(c2ccc(-c3ccc4cc(OC)ccc4n3)cc2)CC1. The molecular weight excluding hydrogens is 334 g/mol. The number of piperazine rings is 1. The van der Waals surface area contributed by atoms with E-state index in [2.05, 4.69) is 53.1 Å². The molecule has 27 heavy (non-hydrogen) atoms. The predicted molar refractivity (Wildman–Crippen MR) is 113 cm³/mol. The monoisotopic (exact) mass is 361 g/mol. The van der Waals surface area contributed by atoms with Gasteiger partial charge in [0.15, 0.2) is 0 Å². The van der Waals surface area contributed by atoms with E-state index in [1.54, 1.807) is 7.11 Å². The summed E-state index contributed by atoms with van der Waals surface area (Å²) in [5, 5.41) is 1.10. The number of hydrogen-bond donors (Lipinski definition) is 0.